The third-order valence-corrected chi connectivity index (χ3v) is 3.93. The summed E-state index contributed by atoms with van der Waals surface area (Å²) in [6.07, 6.45) is 3.98. The van der Waals surface area contributed by atoms with Crippen LogP contribution in [0.3, 0.4) is 0 Å². The zero-order valence-corrected chi connectivity index (χ0v) is 10.6. The average Bonchev–Trinajstić information content (AvgIpc) is 3.02. The minimum absolute atomic E-state index is 0.0287. The first kappa shape index (κ1) is 11.2. The van der Waals surface area contributed by atoms with Crippen LogP contribution < -0.4 is 5.56 Å². The molecule has 0 amide bonds. The summed E-state index contributed by atoms with van der Waals surface area (Å²) in [5, 5.41) is 4.48. The molecule has 0 saturated heterocycles. The van der Waals surface area contributed by atoms with Gasteiger partial charge < -0.3 is 4.52 Å². The van der Waals surface area contributed by atoms with Crippen LogP contribution in [0.15, 0.2) is 34.0 Å². The summed E-state index contributed by atoms with van der Waals surface area (Å²) in [7, 11) is 0. The molecule has 18 heavy (non-hydrogen) atoms. The molecule has 0 aliphatic rings. The van der Waals surface area contributed by atoms with E-state index in [4.69, 9.17) is 4.52 Å². The summed E-state index contributed by atoms with van der Waals surface area (Å²) >= 11 is 1.57. The van der Waals surface area contributed by atoms with E-state index in [1.54, 1.807) is 28.3 Å². The normalized spacial score (nSPS) is 11.2. The summed E-state index contributed by atoms with van der Waals surface area (Å²) in [6, 6.07) is 3.66. The highest BCUT2D eigenvalue weighted by Crippen LogP contribution is 2.21. The van der Waals surface area contributed by atoms with E-state index in [-0.39, 0.29) is 5.56 Å². The molecule has 6 heteroatoms. The van der Waals surface area contributed by atoms with Crippen molar-refractivity contribution in [2.75, 3.05) is 0 Å². The molecule has 0 aliphatic heterocycles. The molecule has 0 spiro atoms. The van der Waals surface area contributed by atoms with Gasteiger partial charge in [-0.15, -0.1) is 11.3 Å². The number of rotatable bonds is 3. The van der Waals surface area contributed by atoms with E-state index in [1.807, 2.05) is 6.07 Å². The highest BCUT2D eigenvalue weighted by Gasteiger charge is 2.09. The van der Waals surface area contributed by atoms with Gasteiger partial charge in [0.15, 0.2) is 0 Å². The molecule has 3 aromatic heterocycles. The second-order valence-electron chi connectivity index (χ2n) is 3.95. The third-order valence-electron chi connectivity index (χ3n) is 2.74. The first-order valence-corrected chi connectivity index (χ1v) is 6.46. The van der Waals surface area contributed by atoms with Crippen molar-refractivity contribution in [1.29, 1.82) is 0 Å². The summed E-state index contributed by atoms with van der Waals surface area (Å²) in [5.41, 5.74) is 0.683. The maximum atomic E-state index is 12.3. The third kappa shape index (κ3) is 1.84. The van der Waals surface area contributed by atoms with E-state index < -0.39 is 0 Å². The van der Waals surface area contributed by atoms with Crippen LogP contribution in [0, 0.1) is 0 Å². The standard InChI is InChI=1S/C12H11N3O2S/c1-2-9-5-10-11(18-9)13-7-15(12(10)16)6-8-3-4-17-14-8/h3-5,7H,2,6H2,1H3. The molecule has 0 atom stereocenters. The van der Waals surface area contributed by atoms with Crippen molar-refractivity contribution < 1.29 is 4.52 Å². The predicted molar refractivity (Wildman–Crippen MR) is 68.9 cm³/mol. The fourth-order valence-corrected chi connectivity index (χ4v) is 2.72. The first-order chi connectivity index (χ1) is 8.78. The second-order valence-corrected chi connectivity index (χ2v) is 5.07. The molecule has 0 aromatic carbocycles. The number of hydrogen-bond acceptors (Lipinski definition) is 5. The molecule has 5 nitrogen and oxygen atoms in total. The highest BCUT2D eigenvalue weighted by molar-refractivity contribution is 7.18. The Morgan fingerprint density at radius 3 is 3.11 bits per heavy atom. The highest BCUT2D eigenvalue weighted by atomic mass is 32.1. The summed E-state index contributed by atoms with van der Waals surface area (Å²) in [6.45, 7) is 2.45. The van der Waals surface area contributed by atoms with Crippen molar-refractivity contribution in [2.24, 2.45) is 0 Å². The molecule has 0 N–H and O–H groups in total. The number of thiophene rings is 1. The maximum absolute atomic E-state index is 12.3. The second kappa shape index (κ2) is 4.38. The van der Waals surface area contributed by atoms with E-state index in [0.717, 1.165) is 11.3 Å². The average molecular weight is 261 g/mol. The number of aryl methyl sites for hydroxylation is 1. The summed E-state index contributed by atoms with van der Waals surface area (Å²) in [4.78, 5) is 18.5. The van der Waals surface area contributed by atoms with Crippen molar-refractivity contribution in [3.05, 3.63) is 45.6 Å². The van der Waals surface area contributed by atoms with E-state index in [9.17, 15) is 4.79 Å². The van der Waals surface area contributed by atoms with E-state index in [1.165, 1.54) is 11.1 Å². The Balaban J connectivity index is 2.08. The lowest BCUT2D eigenvalue weighted by Crippen LogP contribution is -2.20. The van der Waals surface area contributed by atoms with Gasteiger partial charge in [0.05, 0.1) is 18.3 Å². The van der Waals surface area contributed by atoms with E-state index in [0.29, 0.717) is 17.6 Å². The van der Waals surface area contributed by atoms with Crippen LogP contribution in [0.4, 0.5) is 0 Å². The number of aromatic nitrogens is 3. The Kier molecular flexibility index (Phi) is 2.71. The van der Waals surface area contributed by atoms with Crippen molar-refractivity contribution in [2.45, 2.75) is 19.9 Å². The smallest absolute Gasteiger partial charge is 0.262 e. The van der Waals surface area contributed by atoms with Crippen molar-refractivity contribution >= 4 is 21.6 Å². The molecule has 3 aromatic rings. The Hall–Kier alpha value is -1.95. The zero-order valence-electron chi connectivity index (χ0n) is 9.79. The Labute approximate surface area is 107 Å². The number of hydrogen-bond donors (Lipinski definition) is 0. The van der Waals surface area contributed by atoms with Gasteiger partial charge in [0.2, 0.25) is 0 Å². The summed E-state index contributed by atoms with van der Waals surface area (Å²) in [5.74, 6) is 0. The molecule has 0 unspecified atom stereocenters. The lowest BCUT2D eigenvalue weighted by Gasteiger charge is -2.01. The lowest BCUT2D eigenvalue weighted by molar-refractivity contribution is 0.409. The molecule has 0 aliphatic carbocycles. The van der Waals surface area contributed by atoms with E-state index >= 15 is 0 Å². The summed E-state index contributed by atoms with van der Waals surface area (Å²) < 4.78 is 6.30. The van der Waals surface area contributed by atoms with Crippen LogP contribution in [0.2, 0.25) is 0 Å². The predicted octanol–water partition coefficient (Wildman–Crippen LogP) is 2.06. The van der Waals surface area contributed by atoms with Crippen molar-refractivity contribution in [3.63, 3.8) is 0 Å². The Bertz CT molecular complexity index is 727. The molecule has 3 heterocycles. The fraction of sp³-hybridized carbons (Fsp3) is 0.250. The van der Waals surface area contributed by atoms with E-state index in [2.05, 4.69) is 17.1 Å². The quantitative estimate of drug-likeness (QED) is 0.724. The maximum Gasteiger partial charge on any atom is 0.262 e. The van der Waals surface area contributed by atoms with Gasteiger partial charge in [-0.05, 0) is 12.5 Å². The molecule has 0 saturated carbocycles. The van der Waals surface area contributed by atoms with Gasteiger partial charge in [-0.1, -0.05) is 12.1 Å². The van der Waals surface area contributed by atoms with Crippen molar-refractivity contribution in [3.8, 4) is 0 Å². The minimum Gasteiger partial charge on any atom is -0.364 e. The van der Waals surface area contributed by atoms with Gasteiger partial charge in [0.25, 0.3) is 5.56 Å². The van der Waals surface area contributed by atoms with Crippen LogP contribution in [-0.4, -0.2) is 14.7 Å². The van der Waals surface area contributed by atoms with Gasteiger partial charge in [-0.25, -0.2) is 4.98 Å². The Morgan fingerprint density at radius 2 is 2.39 bits per heavy atom. The SMILES string of the molecule is CCc1cc2c(=O)n(Cc3ccon3)cnc2s1. The van der Waals surface area contributed by atoms with Gasteiger partial charge in [-0.2, -0.15) is 0 Å². The minimum atomic E-state index is -0.0287. The zero-order chi connectivity index (χ0) is 12.5. The van der Waals surface area contributed by atoms with Crippen LogP contribution in [0.25, 0.3) is 10.2 Å². The first-order valence-electron chi connectivity index (χ1n) is 5.65. The molecular weight excluding hydrogens is 250 g/mol. The van der Waals surface area contributed by atoms with Gasteiger partial charge >= 0.3 is 0 Å². The van der Waals surface area contributed by atoms with Crippen LogP contribution in [0.5, 0.6) is 0 Å². The van der Waals surface area contributed by atoms with Crippen molar-refractivity contribution in [1.82, 2.24) is 14.7 Å². The van der Waals surface area contributed by atoms with Gasteiger partial charge in [0, 0.05) is 10.9 Å². The largest absolute Gasteiger partial charge is 0.364 e. The van der Waals surface area contributed by atoms with Crippen LogP contribution >= 0.6 is 11.3 Å². The monoisotopic (exact) mass is 261 g/mol. The lowest BCUT2D eigenvalue weighted by atomic mass is 10.3. The topological polar surface area (TPSA) is 60.9 Å². The Morgan fingerprint density at radius 1 is 1.50 bits per heavy atom. The number of nitrogens with zero attached hydrogens (tertiary/aromatic N) is 3. The number of fused-ring (bicyclic) bond motifs is 1. The molecular formula is C12H11N3O2S. The molecule has 0 radical (unpaired) electrons. The fourth-order valence-electron chi connectivity index (χ4n) is 1.79. The molecule has 0 fully saturated rings. The van der Waals surface area contributed by atoms with Gasteiger partial charge in [-0.3, -0.25) is 9.36 Å². The molecule has 0 bridgehead atoms. The molecule has 92 valence electrons. The van der Waals surface area contributed by atoms with Gasteiger partial charge in [0.1, 0.15) is 16.8 Å². The van der Waals surface area contributed by atoms with Crippen LogP contribution in [0.1, 0.15) is 17.5 Å². The molecule has 3 rings (SSSR count). The van der Waals surface area contributed by atoms with Crippen LogP contribution in [-0.2, 0) is 13.0 Å².